The molecule has 1 aliphatic rings. The quantitative estimate of drug-likeness (QED) is 0.404. The van der Waals surface area contributed by atoms with Gasteiger partial charge in [0.25, 0.3) is 11.6 Å². The number of hydrogen-bond acceptors (Lipinski definition) is 7. The minimum absolute atomic E-state index is 0.108. The smallest absolute Gasteiger partial charge is 0.270 e. The van der Waals surface area contributed by atoms with Crippen LogP contribution in [0.3, 0.4) is 0 Å². The summed E-state index contributed by atoms with van der Waals surface area (Å²) in [6.07, 6.45) is 0. The Labute approximate surface area is 198 Å². The zero-order valence-corrected chi connectivity index (χ0v) is 19.6. The van der Waals surface area contributed by atoms with Crippen LogP contribution in [-0.4, -0.2) is 60.0 Å². The largest absolute Gasteiger partial charge is 0.351 e. The van der Waals surface area contributed by atoms with Crippen molar-refractivity contribution in [3.8, 4) is 0 Å². The fraction of sp³-hybridized carbons (Fsp3) is 0.333. The van der Waals surface area contributed by atoms with E-state index in [0.717, 1.165) is 52.1 Å². The van der Waals surface area contributed by atoms with Gasteiger partial charge in [-0.25, -0.2) is 4.98 Å². The van der Waals surface area contributed by atoms with Crippen LogP contribution in [0.1, 0.15) is 15.9 Å². The number of rotatable bonds is 6. The van der Waals surface area contributed by atoms with Crippen LogP contribution in [0.25, 0.3) is 10.2 Å². The van der Waals surface area contributed by atoms with E-state index in [-0.39, 0.29) is 16.3 Å². The Hall–Kier alpha value is -2.46. The third kappa shape index (κ3) is 4.80. The van der Waals surface area contributed by atoms with Gasteiger partial charge in [0.1, 0.15) is 0 Å². The molecule has 2 aromatic carbocycles. The molecule has 0 bridgehead atoms. The summed E-state index contributed by atoms with van der Waals surface area (Å²) in [7, 11) is 0. The SMILES string of the molecule is Cc1c(Cl)ccc2sc(N3CCN(CCNC(=O)c4cc([N+](=O)[O-])ccc4Cl)CC3)nc12. The van der Waals surface area contributed by atoms with E-state index in [4.69, 9.17) is 28.2 Å². The molecule has 4 rings (SSSR count). The maximum atomic E-state index is 12.4. The van der Waals surface area contributed by atoms with E-state index in [1.165, 1.54) is 18.2 Å². The highest BCUT2D eigenvalue weighted by Gasteiger charge is 2.21. The van der Waals surface area contributed by atoms with E-state index in [2.05, 4.69) is 15.1 Å². The maximum absolute atomic E-state index is 12.4. The van der Waals surface area contributed by atoms with Crippen molar-refractivity contribution >= 4 is 61.5 Å². The Balaban J connectivity index is 1.29. The van der Waals surface area contributed by atoms with Crippen LogP contribution in [0.15, 0.2) is 30.3 Å². The van der Waals surface area contributed by atoms with Crippen LogP contribution >= 0.6 is 34.5 Å². The number of anilines is 1. The lowest BCUT2D eigenvalue weighted by molar-refractivity contribution is -0.384. The van der Waals surface area contributed by atoms with E-state index < -0.39 is 10.8 Å². The summed E-state index contributed by atoms with van der Waals surface area (Å²) in [4.78, 5) is 32.1. The second kappa shape index (κ2) is 9.58. The third-order valence-electron chi connectivity index (χ3n) is 5.50. The number of thiazole rings is 1. The monoisotopic (exact) mass is 493 g/mol. The lowest BCUT2D eigenvalue weighted by Gasteiger charge is -2.34. The first kappa shape index (κ1) is 22.7. The van der Waals surface area contributed by atoms with E-state index in [1.807, 2.05) is 19.1 Å². The molecule has 0 radical (unpaired) electrons. The Morgan fingerprint density at radius 1 is 1.19 bits per heavy atom. The van der Waals surface area contributed by atoms with Gasteiger partial charge in [0.15, 0.2) is 5.13 Å². The van der Waals surface area contributed by atoms with Gasteiger partial charge in [0.2, 0.25) is 0 Å². The molecule has 0 saturated carbocycles. The van der Waals surface area contributed by atoms with Crippen LogP contribution in [0.2, 0.25) is 10.0 Å². The second-order valence-corrected chi connectivity index (χ2v) is 9.34. The number of nitrogens with zero attached hydrogens (tertiary/aromatic N) is 4. The molecule has 11 heteroatoms. The highest BCUT2D eigenvalue weighted by atomic mass is 35.5. The first-order valence-corrected chi connectivity index (χ1v) is 11.7. The number of piperazine rings is 1. The number of carbonyl (C=O) groups excluding carboxylic acids is 1. The van der Waals surface area contributed by atoms with Gasteiger partial charge in [-0.1, -0.05) is 34.5 Å². The van der Waals surface area contributed by atoms with Crippen molar-refractivity contribution in [3.63, 3.8) is 0 Å². The molecule has 8 nitrogen and oxygen atoms in total. The molecule has 1 fully saturated rings. The standard InChI is InChI=1S/C21H21Cl2N5O3S/c1-13-16(22)4-5-18-19(13)25-21(32-18)27-10-8-26(9-11-27)7-6-24-20(29)15-12-14(28(30)31)2-3-17(15)23/h2-5,12H,6-11H2,1H3,(H,24,29). The van der Waals surface area contributed by atoms with Gasteiger partial charge in [-0.2, -0.15) is 0 Å². The second-order valence-electron chi connectivity index (χ2n) is 7.52. The molecule has 0 aliphatic carbocycles. The lowest BCUT2D eigenvalue weighted by Crippen LogP contribution is -2.48. The summed E-state index contributed by atoms with van der Waals surface area (Å²) in [5, 5.41) is 15.6. The van der Waals surface area contributed by atoms with Crippen LogP contribution in [0.5, 0.6) is 0 Å². The fourth-order valence-corrected chi connectivity index (χ4v) is 5.04. The normalized spacial score (nSPS) is 14.7. The minimum Gasteiger partial charge on any atom is -0.351 e. The number of nitro benzene ring substituents is 1. The number of benzene rings is 2. The van der Waals surface area contributed by atoms with E-state index in [9.17, 15) is 14.9 Å². The van der Waals surface area contributed by atoms with Crippen LogP contribution in [0, 0.1) is 17.0 Å². The number of aromatic nitrogens is 1. The first-order chi connectivity index (χ1) is 15.3. The summed E-state index contributed by atoms with van der Waals surface area (Å²) in [5.41, 5.74) is 1.91. The zero-order chi connectivity index (χ0) is 22.8. The lowest BCUT2D eigenvalue weighted by atomic mass is 10.2. The molecule has 1 aromatic heterocycles. The average molecular weight is 494 g/mol. The molecular formula is C21H21Cl2N5O3S. The van der Waals surface area contributed by atoms with E-state index in [1.54, 1.807) is 11.3 Å². The summed E-state index contributed by atoms with van der Waals surface area (Å²) in [6, 6.07) is 7.77. The molecule has 3 aromatic rings. The first-order valence-electron chi connectivity index (χ1n) is 10.1. The van der Waals surface area contributed by atoms with Gasteiger partial charge < -0.3 is 10.2 Å². The predicted molar refractivity (Wildman–Crippen MR) is 128 cm³/mol. The molecular weight excluding hydrogens is 473 g/mol. The molecule has 0 unspecified atom stereocenters. The third-order valence-corrected chi connectivity index (χ3v) is 7.32. The van der Waals surface area contributed by atoms with Gasteiger partial charge in [0.05, 0.1) is 25.7 Å². The molecule has 32 heavy (non-hydrogen) atoms. The van der Waals surface area contributed by atoms with Crippen molar-refractivity contribution in [1.29, 1.82) is 0 Å². The predicted octanol–water partition coefficient (Wildman–Crippen LogP) is 4.37. The highest BCUT2D eigenvalue weighted by molar-refractivity contribution is 7.22. The zero-order valence-electron chi connectivity index (χ0n) is 17.3. The van der Waals surface area contributed by atoms with E-state index >= 15 is 0 Å². The highest BCUT2D eigenvalue weighted by Crippen LogP contribution is 2.33. The van der Waals surface area contributed by atoms with E-state index in [0.29, 0.717) is 13.1 Å². The number of fused-ring (bicyclic) bond motifs is 1. The Morgan fingerprint density at radius 3 is 2.62 bits per heavy atom. The van der Waals surface area contributed by atoms with Crippen LogP contribution in [0.4, 0.5) is 10.8 Å². The topological polar surface area (TPSA) is 91.6 Å². The molecule has 1 N–H and O–H groups in total. The molecule has 0 atom stereocenters. The number of non-ortho nitro benzene ring substituents is 1. The van der Waals surface area contributed by atoms with Crippen molar-refractivity contribution in [2.45, 2.75) is 6.92 Å². The molecule has 2 heterocycles. The summed E-state index contributed by atoms with van der Waals surface area (Å²) in [5.74, 6) is -0.416. The molecule has 168 valence electrons. The van der Waals surface area contributed by atoms with Gasteiger partial charge >= 0.3 is 0 Å². The Morgan fingerprint density at radius 2 is 1.91 bits per heavy atom. The number of nitro groups is 1. The summed E-state index contributed by atoms with van der Waals surface area (Å²) in [6.45, 7) is 6.49. The van der Waals surface area contributed by atoms with Crippen molar-refractivity contribution in [1.82, 2.24) is 15.2 Å². The fourth-order valence-electron chi connectivity index (χ4n) is 3.61. The van der Waals surface area contributed by atoms with Gasteiger partial charge in [0, 0.05) is 56.4 Å². The Bertz CT molecular complexity index is 1180. The minimum atomic E-state index is -0.548. The van der Waals surface area contributed by atoms with Crippen molar-refractivity contribution in [2.75, 3.05) is 44.2 Å². The van der Waals surface area contributed by atoms with Gasteiger partial charge in [-0.05, 0) is 30.7 Å². The molecule has 1 saturated heterocycles. The van der Waals surface area contributed by atoms with Crippen LogP contribution < -0.4 is 10.2 Å². The number of hydrogen-bond donors (Lipinski definition) is 1. The van der Waals surface area contributed by atoms with Crippen molar-refractivity contribution in [3.05, 3.63) is 61.6 Å². The average Bonchev–Trinajstić information content (AvgIpc) is 3.22. The van der Waals surface area contributed by atoms with Crippen LogP contribution in [-0.2, 0) is 0 Å². The van der Waals surface area contributed by atoms with Crippen molar-refractivity contribution < 1.29 is 9.72 Å². The maximum Gasteiger partial charge on any atom is 0.270 e. The Kier molecular flexibility index (Phi) is 6.80. The number of nitrogens with one attached hydrogen (secondary N) is 1. The number of amides is 1. The van der Waals surface area contributed by atoms with Gasteiger partial charge in [-0.15, -0.1) is 0 Å². The van der Waals surface area contributed by atoms with Gasteiger partial charge in [-0.3, -0.25) is 19.8 Å². The number of halogens is 2. The molecule has 0 spiro atoms. The number of aryl methyl sites for hydroxylation is 1. The summed E-state index contributed by atoms with van der Waals surface area (Å²) < 4.78 is 1.13. The van der Waals surface area contributed by atoms with Crippen molar-refractivity contribution in [2.24, 2.45) is 0 Å². The molecule has 1 aliphatic heterocycles. The summed E-state index contributed by atoms with van der Waals surface area (Å²) >= 11 is 13.9. The molecule has 1 amide bonds. The number of carbonyl (C=O) groups is 1.